The number of nitrogens with zero attached hydrogens (tertiary/aromatic N) is 1. The first-order valence-corrected chi connectivity index (χ1v) is 7.04. The summed E-state index contributed by atoms with van der Waals surface area (Å²) in [4.78, 5) is 21.7. The molecule has 0 aliphatic carbocycles. The molecule has 0 aliphatic rings. The number of carboxylic acid groups (broad SMARTS) is 1. The van der Waals surface area contributed by atoms with Gasteiger partial charge in [-0.05, 0) is 45.6 Å². The normalized spacial score (nSPS) is 12.0. The van der Waals surface area contributed by atoms with E-state index in [4.69, 9.17) is 0 Å². The molecule has 1 amide bonds. The number of carbonyl (C=O) groups is 2. The minimum atomic E-state index is -0.980. The highest BCUT2D eigenvalue weighted by atomic mass is 16.4. The van der Waals surface area contributed by atoms with Crippen LogP contribution in [0.15, 0.2) is 12.7 Å². The highest BCUT2D eigenvalue weighted by molar-refractivity contribution is 5.87. The Kier molecular flexibility index (Phi) is 7.50. The standard InChI is InChI=1S/C15H28N2O3/c1-6-13(18)16-15(2,3)12-17(4,5)11-9-7-8-10-14(19)20/h6H,1,7-12H2,2-5H3,(H-,16,18,19,20). The van der Waals surface area contributed by atoms with Gasteiger partial charge < -0.3 is 19.7 Å². The summed E-state index contributed by atoms with van der Waals surface area (Å²) in [7, 11) is 4.22. The zero-order chi connectivity index (χ0) is 15.8. The van der Waals surface area contributed by atoms with E-state index in [1.807, 2.05) is 13.8 Å². The first-order valence-electron chi connectivity index (χ1n) is 7.04. The molecule has 20 heavy (non-hydrogen) atoms. The molecule has 5 heteroatoms. The van der Waals surface area contributed by atoms with Crippen molar-refractivity contribution in [1.82, 2.24) is 5.32 Å². The van der Waals surface area contributed by atoms with Crippen LogP contribution in [0.2, 0.25) is 0 Å². The maximum atomic E-state index is 11.4. The van der Waals surface area contributed by atoms with E-state index < -0.39 is 5.97 Å². The van der Waals surface area contributed by atoms with E-state index in [9.17, 15) is 14.7 Å². The van der Waals surface area contributed by atoms with Gasteiger partial charge in [-0.2, -0.15) is 0 Å². The number of hydrogen-bond acceptors (Lipinski definition) is 3. The lowest BCUT2D eigenvalue weighted by molar-refractivity contribution is -0.893. The van der Waals surface area contributed by atoms with Crippen molar-refractivity contribution in [2.75, 3.05) is 27.2 Å². The largest absolute Gasteiger partial charge is 0.550 e. The highest BCUT2D eigenvalue weighted by Crippen LogP contribution is 2.12. The Morgan fingerprint density at radius 1 is 1.25 bits per heavy atom. The van der Waals surface area contributed by atoms with Crippen LogP contribution in [-0.2, 0) is 9.59 Å². The van der Waals surface area contributed by atoms with Gasteiger partial charge in [0, 0.05) is 5.97 Å². The van der Waals surface area contributed by atoms with E-state index in [1.54, 1.807) is 0 Å². The number of nitrogens with one attached hydrogen (secondary N) is 1. The van der Waals surface area contributed by atoms with E-state index in [2.05, 4.69) is 26.0 Å². The Hall–Kier alpha value is -1.36. The van der Waals surface area contributed by atoms with Gasteiger partial charge in [0.2, 0.25) is 5.91 Å². The second-order valence-electron chi connectivity index (χ2n) is 6.58. The molecule has 0 fully saturated rings. The van der Waals surface area contributed by atoms with E-state index in [0.29, 0.717) is 6.42 Å². The van der Waals surface area contributed by atoms with Crippen LogP contribution in [0.25, 0.3) is 0 Å². The number of likely N-dealkylation sites (N-methyl/N-ethyl adjacent to an activating group) is 1. The number of hydrogen-bond donors (Lipinski definition) is 1. The van der Waals surface area contributed by atoms with Crippen molar-refractivity contribution in [3.63, 3.8) is 0 Å². The Morgan fingerprint density at radius 2 is 1.85 bits per heavy atom. The first kappa shape index (κ1) is 18.6. The minimum Gasteiger partial charge on any atom is -0.550 e. The SMILES string of the molecule is C=CC(=O)NC(C)(C)C[N+](C)(C)CCCCCC(=O)[O-]. The molecular weight excluding hydrogens is 256 g/mol. The van der Waals surface area contributed by atoms with Gasteiger partial charge in [-0.25, -0.2) is 0 Å². The summed E-state index contributed by atoms with van der Waals surface area (Å²) in [6, 6.07) is 0. The maximum absolute atomic E-state index is 11.4. The number of rotatable bonds is 10. The Morgan fingerprint density at radius 3 is 2.35 bits per heavy atom. The predicted molar refractivity (Wildman–Crippen MR) is 77.7 cm³/mol. The number of aliphatic carboxylic acids is 1. The minimum absolute atomic E-state index is 0.133. The lowest BCUT2D eigenvalue weighted by Crippen LogP contribution is -2.56. The van der Waals surface area contributed by atoms with Gasteiger partial charge >= 0.3 is 0 Å². The fraction of sp³-hybridized carbons (Fsp3) is 0.733. The Balaban J connectivity index is 4.12. The van der Waals surface area contributed by atoms with Gasteiger partial charge in [0.15, 0.2) is 0 Å². The second kappa shape index (κ2) is 8.04. The molecular formula is C15H28N2O3. The fourth-order valence-electron chi connectivity index (χ4n) is 2.56. The van der Waals surface area contributed by atoms with Crippen molar-refractivity contribution >= 4 is 11.9 Å². The average Bonchev–Trinajstić information content (AvgIpc) is 2.25. The molecule has 0 heterocycles. The monoisotopic (exact) mass is 284 g/mol. The van der Waals surface area contributed by atoms with Crippen LogP contribution in [0.5, 0.6) is 0 Å². The molecule has 0 aromatic carbocycles. The molecule has 0 radical (unpaired) electrons. The number of amides is 1. The molecule has 0 atom stereocenters. The van der Waals surface area contributed by atoms with Crippen molar-refractivity contribution in [2.24, 2.45) is 0 Å². The predicted octanol–water partition coefficient (Wildman–Crippen LogP) is 0.454. The molecule has 0 bridgehead atoms. The molecule has 0 spiro atoms. The van der Waals surface area contributed by atoms with Gasteiger partial charge in [-0.15, -0.1) is 0 Å². The van der Waals surface area contributed by atoms with Gasteiger partial charge in [0.25, 0.3) is 0 Å². The topological polar surface area (TPSA) is 69.2 Å². The Bertz CT molecular complexity index is 349. The summed E-state index contributed by atoms with van der Waals surface area (Å²) < 4.78 is 0.774. The van der Waals surface area contributed by atoms with Crippen LogP contribution in [-0.4, -0.2) is 49.1 Å². The third-order valence-electron chi connectivity index (χ3n) is 3.11. The summed E-state index contributed by atoms with van der Waals surface area (Å²) in [5.41, 5.74) is -0.306. The summed E-state index contributed by atoms with van der Waals surface area (Å²) in [6.45, 7) is 9.18. The lowest BCUT2D eigenvalue weighted by Gasteiger charge is -2.37. The van der Waals surface area contributed by atoms with Gasteiger partial charge in [0.05, 0.1) is 26.2 Å². The third-order valence-corrected chi connectivity index (χ3v) is 3.11. The van der Waals surface area contributed by atoms with Crippen molar-refractivity contribution < 1.29 is 19.2 Å². The highest BCUT2D eigenvalue weighted by Gasteiger charge is 2.29. The summed E-state index contributed by atoms with van der Waals surface area (Å²) >= 11 is 0. The first-order chi connectivity index (χ1) is 9.08. The molecule has 0 unspecified atom stereocenters. The van der Waals surface area contributed by atoms with Crippen LogP contribution < -0.4 is 10.4 Å². The summed E-state index contributed by atoms with van der Waals surface area (Å²) in [6.07, 6.45) is 3.93. The van der Waals surface area contributed by atoms with E-state index in [-0.39, 0.29) is 17.9 Å². The van der Waals surface area contributed by atoms with Crippen LogP contribution in [0.3, 0.4) is 0 Å². The van der Waals surface area contributed by atoms with Crippen molar-refractivity contribution in [1.29, 1.82) is 0 Å². The molecule has 0 rings (SSSR count). The molecule has 5 nitrogen and oxygen atoms in total. The second-order valence-corrected chi connectivity index (χ2v) is 6.58. The van der Waals surface area contributed by atoms with Gasteiger partial charge in [-0.3, -0.25) is 4.79 Å². The molecule has 0 aromatic heterocycles. The van der Waals surface area contributed by atoms with Crippen LogP contribution in [0, 0.1) is 0 Å². The zero-order valence-corrected chi connectivity index (χ0v) is 13.2. The molecule has 0 aliphatic heterocycles. The number of unbranched alkanes of at least 4 members (excludes halogenated alkanes) is 2. The summed E-state index contributed by atoms with van der Waals surface area (Å²) in [5, 5.41) is 13.2. The van der Waals surface area contributed by atoms with E-state index in [0.717, 1.165) is 30.4 Å². The fourth-order valence-corrected chi connectivity index (χ4v) is 2.56. The van der Waals surface area contributed by atoms with Crippen molar-refractivity contribution in [3.05, 3.63) is 12.7 Å². The smallest absolute Gasteiger partial charge is 0.243 e. The van der Waals surface area contributed by atoms with Crippen molar-refractivity contribution in [2.45, 2.75) is 45.1 Å². The van der Waals surface area contributed by atoms with Crippen LogP contribution in [0.1, 0.15) is 39.5 Å². The third kappa shape index (κ3) is 9.55. The summed E-state index contributed by atoms with van der Waals surface area (Å²) in [5.74, 6) is -1.14. The average molecular weight is 284 g/mol. The molecule has 0 saturated carbocycles. The van der Waals surface area contributed by atoms with E-state index in [1.165, 1.54) is 6.08 Å². The molecule has 0 aromatic rings. The number of quaternary nitrogens is 1. The number of carboxylic acids is 1. The van der Waals surface area contributed by atoms with Crippen molar-refractivity contribution in [3.8, 4) is 0 Å². The van der Waals surface area contributed by atoms with Gasteiger partial charge in [-0.1, -0.05) is 6.58 Å². The molecule has 1 N–H and O–H groups in total. The number of carbonyl (C=O) groups excluding carboxylic acids is 2. The van der Waals surface area contributed by atoms with E-state index >= 15 is 0 Å². The Labute approximate surface area is 122 Å². The quantitative estimate of drug-likeness (QED) is 0.360. The van der Waals surface area contributed by atoms with Crippen LogP contribution >= 0.6 is 0 Å². The molecule has 0 saturated heterocycles. The molecule has 116 valence electrons. The van der Waals surface area contributed by atoms with Gasteiger partial charge in [0.1, 0.15) is 6.54 Å². The van der Waals surface area contributed by atoms with Crippen LogP contribution in [0.4, 0.5) is 0 Å². The zero-order valence-electron chi connectivity index (χ0n) is 13.2. The lowest BCUT2D eigenvalue weighted by atomic mass is 10.0. The maximum Gasteiger partial charge on any atom is 0.243 e.